The van der Waals surface area contributed by atoms with Gasteiger partial charge in [-0.1, -0.05) is 54.2 Å². The number of benzene rings is 2. The van der Waals surface area contributed by atoms with Crippen molar-refractivity contribution in [2.24, 2.45) is 0 Å². The summed E-state index contributed by atoms with van der Waals surface area (Å²) >= 11 is 2.75. The largest absolute Gasteiger partial charge is 0.325 e. The molecule has 0 aliphatic heterocycles. The first-order valence-electron chi connectivity index (χ1n) is 9.97. The van der Waals surface area contributed by atoms with Gasteiger partial charge in [-0.15, -0.1) is 11.3 Å². The molecule has 1 unspecified atom stereocenters. The highest BCUT2D eigenvalue weighted by atomic mass is 32.2. The molecule has 0 aliphatic carbocycles. The third kappa shape index (κ3) is 4.43. The monoisotopic (exact) mass is 449 g/mol. The van der Waals surface area contributed by atoms with Crippen LogP contribution >= 0.6 is 23.1 Å². The number of hydrogen-bond donors (Lipinski definition) is 2. The number of carbonyl (C=O) groups is 1. The van der Waals surface area contributed by atoms with Crippen molar-refractivity contribution >= 4 is 44.9 Å². The van der Waals surface area contributed by atoms with Crippen molar-refractivity contribution in [1.29, 1.82) is 0 Å². The van der Waals surface area contributed by atoms with Gasteiger partial charge in [0.25, 0.3) is 5.56 Å². The third-order valence-electron chi connectivity index (χ3n) is 5.09. The molecule has 2 N–H and O–H groups in total. The van der Waals surface area contributed by atoms with Crippen LogP contribution in [0.15, 0.2) is 58.5 Å². The SMILES string of the molecule is Cc1ccc(C)c(NC(=O)C(C)Sc2nc3sc(C)c(-c4ccccc4)c3c(=O)[nH]2)c1. The lowest BCUT2D eigenvalue weighted by molar-refractivity contribution is -0.115. The predicted octanol–water partition coefficient (Wildman–Crippen LogP) is 5.70. The highest BCUT2D eigenvalue weighted by Gasteiger charge is 2.20. The Bertz CT molecular complexity index is 1330. The summed E-state index contributed by atoms with van der Waals surface area (Å²) < 4.78 is 0. The topological polar surface area (TPSA) is 74.8 Å². The first-order valence-corrected chi connectivity index (χ1v) is 11.7. The molecule has 4 rings (SSSR count). The summed E-state index contributed by atoms with van der Waals surface area (Å²) in [6.07, 6.45) is 0. The van der Waals surface area contributed by atoms with Crippen LogP contribution in [0.3, 0.4) is 0 Å². The minimum absolute atomic E-state index is 0.131. The zero-order valence-corrected chi connectivity index (χ0v) is 19.4. The summed E-state index contributed by atoms with van der Waals surface area (Å²) in [6, 6.07) is 15.8. The first kappa shape index (κ1) is 21.3. The van der Waals surface area contributed by atoms with Gasteiger partial charge in [-0.25, -0.2) is 4.98 Å². The Morgan fingerprint density at radius 2 is 1.87 bits per heavy atom. The van der Waals surface area contributed by atoms with Crippen LogP contribution in [0.5, 0.6) is 0 Å². The standard InChI is InChI=1S/C24H23N3O2S2/c1-13-10-11-14(2)18(12-13)25-21(28)16(4)31-24-26-22(29)20-19(15(3)30-23(20)27-24)17-8-6-5-7-9-17/h5-12,16H,1-4H3,(H,25,28)(H,26,27,29). The minimum Gasteiger partial charge on any atom is -0.325 e. The van der Waals surface area contributed by atoms with Gasteiger partial charge in [0.15, 0.2) is 5.16 Å². The van der Waals surface area contributed by atoms with Gasteiger partial charge >= 0.3 is 0 Å². The Morgan fingerprint density at radius 3 is 2.61 bits per heavy atom. The van der Waals surface area contributed by atoms with Crippen molar-refractivity contribution in [1.82, 2.24) is 9.97 Å². The van der Waals surface area contributed by atoms with E-state index >= 15 is 0 Å². The maximum Gasteiger partial charge on any atom is 0.260 e. The minimum atomic E-state index is -0.421. The van der Waals surface area contributed by atoms with Crippen molar-refractivity contribution < 1.29 is 4.79 Å². The van der Waals surface area contributed by atoms with Crippen LogP contribution in [0.1, 0.15) is 22.9 Å². The number of amides is 1. The van der Waals surface area contributed by atoms with E-state index < -0.39 is 5.25 Å². The van der Waals surface area contributed by atoms with Crippen molar-refractivity contribution in [2.45, 2.75) is 38.1 Å². The molecule has 0 saturated carbocycles. The number of anilines is 1. The summed E-state index contributed by atoms with van der Waals surface area (Å²) in [6.45, 7) is 7.76. The Balaban J connectivity index is 1.60. The second-order valence-corrected chi connectivity index (χ2v) is 10.1. The van der Waals surface area contributed by atoms with Gasteiger partial charge in [-0.05, 0) is 50.5 Å². The fourth-order valence-corrected chi connectivity index (χ4v) is 5.33. The number of thioether (sulfide) groups is 1. The van der Waals surface area contributed by atoms with Gasteiger partial charge in [-0.2, -0.15) is 0 Å². The maximum absolute atomic E-state index is 12.9. The smallest absolute Gasteiger partial charge is 0.260 e. The second-order valence-electron chi connectivity index (χ2n) is 7.52. The molecule has 2 aromatic heterocycles. The molecule has 2 heterocycles. The van der Waals surface area contributed by atoms with E-state index in [9.17, 15) is 9.59 Å². The number of aryl methyl sites for hydroxylation is 3. The van der Waals surface area contributed by atoms with E-state index in [1.807, 2.05) is 76.2 Å². The lowest BCUT2D eigenvalue weighted by atomic mass is 10.0. The molecular formula is C24H23N3O2S2. The summed E-state index contributed by atoms with van der Waals surface area (Å²) in [5, 5.41) is 3.61. The maximum atomic E-state index is 12.9. The summed E-state index contributed by atoms with van der Waals surface area (Å²) in [5.41, 5.74) is 4.63. The molecule has 1 amide bonds. The zero-order valence-electron chi connectivity index (χ0n) is 17.8. The van der Waals surface area contributed by atoms with E-state index in [1.54, 1.807) is 0 Å². The van der Waals surface area contributed by atoms with Crippen LogP contribution < -0.4 is 10.9 Å². The van der Waals surface area contributed by atoms with Crippen LogP contribution in [0, 0.1) is 20.8 Å². The Kier molecular flexibility index (Phi) is 5.98. The second kappa shape index (κ2) is 8.69. The number of nitrogens with zero attached hydrogens (tertiary/aromatic N) is 1. The van der Waals surface area contributed by atoms with Crippen molar-refractivity contribution in [3.8, 4) is 11.1 Å². The van der Waals surface area contributed by atoms with Gasteiger partial charge in [0.2, 0.25) is 5.91 Å². The number of carbonyl (C=O) groups excluding carboxylic acids is 1. The van der Waals surface area contributed by atoms with Crippen LogP contribution in [0.2, 0.25) is 0 Å². The van der Waals surface area contributed by atoms with Crippen molar-refractivity contribution in [2.75, 3.05) is 5.32 Å². The molecule has 7 heteroatoms. The molecule has 4 aromatic rings. The number of rotatable bonds is 5. The van der Waals surface area contributed by atoms with Gasteiger partial charge in [0.05, 0.1) is 10.6 Å². The van der Waals surface area contributed by atoms with Gasteiger partial charge < -0.3 is 10.3 Å². The zero-order chi connectivity index (χ0) is 22.1. The lowest BCUT2D eigenvalue weighted by Gasteiger charge is -2.13. The highest BCUT2D eigenvalue weighted by molar-refractivity contribution is 8.00. The molecule has 0 spiro atoms. The van der Waals surface area contributed by atoms with Crippen molar-refractivity contribution in [3.05, 3.63) is 74.9 Å². The quantitative estimate of drug-likeness (QED) is 0.303. The van der Waals surface area contributed by atoms with Crippen LogP contribution in [0.25, 0.3) is 21.3 Å². The molecular weight excluding hydrogens is 426 g/mol. The normalized spacial score (nSPS) is 12.1. The number of aromatic nitrogens is 2. The molecule has 0 bridgehead atoms. The fraction of sp³-hybridized carbons (Fsp3) is 0.208. The van der Waals surface area contributed by atoms with E-state index in [0.717, 1.165) is 32.8 Å². The molecule has 0 fully saturated rings. The van der Waals surface area contributed by atoms with Crippen LogP contribution in [-0.4, -0.2) is 21.1 Å². The number of H-pyrrole nitrogens is 1. The summed E-state index contributed by atoms with van der Waals surface area (Å²) in [4.78, 5) is 34.9. The number of fused-ring (bicyclic) bond motifs is 1. The molecule has 0 saturated heterocycles. The van der Waals surface area contributed by atoms with E-state index in [0.29, 0.717) is 15.4 Å². The summed E-state index contributed by atoms with van der Waals surface area (Å²) in [7, 11) is 0. The van der Waals surface area contributed by atoms with E-state index in [-0.39, 0.29) is 11.5 Å². The van der Waals surface area contributed by atoms with E-state index in [4.69, 9.17) is 0 Å². The molecule has 0 aliphatic rings. The fourth-order valence-electron chi connectivity index (χ4n) is 3.43. The van der Waals surface area contributed by atoms with E-state index in [1.165, 1.54) is 23.1 Å². The lowest BCUT2D eigenvalue weighted by Crippen LogP contribution is -2.23. The number of hydrogen-bond acceptors (Lipinski definition) is 5. The number of nitrogens with one attached hydrogen (secondary N) is 2. The number of aromatic amines is 1. The van der Waals surface area contributed by atoms with E-state index in [2.05, 4.69) is 15.3 Å². The van der Waals surface area contributed by atoms with Crippen molar-refractivity contribution in [3.63, 3.8) is 0 Å². The Labute approximate surface area is 188 Å². The van der Waals surface area contributed by atoms with Crippen LogP contribution in [0.4, 0.5) is 5.69 Å². The average Bonchev–Trinajstić information content (AvgIpc) is 3.07. The van der Waals surface area contributed by atoms with Gasteiger partial charge in [0, 0.05) is 16.1 Å². The molecule has 5 nitrogen and oxygen atoms in total. The Hall–Kier alpha value is -2.90. The van der Waals surface area contributed by atoms with Gasteiger partial charge in [0.1, 0.15) is 4.83 Å². The first-order chi connectivity index (χ1) is 14.8. The molecule has 31 heavy (non-hydrogen) atoms. The molecule has 0 radical (unpaired) electrons. The molecule has 1 atom stereocenters. The highest BCUT2D eigenvalue weighted by Crippen LogP contribution is 2.36. The van der Waals surface area contributed by atoms with Gasteiger partial charge in [-0.3, -0.25) is 9.59 Å². The average molecular weight is 450 g/mol. The third-order valence-corrected chi connectivity index (χ3v) is 7.07. The molecule has 158 valence electrons. The summed E-state index contributed by atoms with van der Waals surface area (Å²) in [5.74, 6) is -0.131. The predicted molar refractivity (Wildman–Crippen MR) is 130 cm³/mol. The Morgan fingerprint density at radius 1 is 1.13 bits per heavy atom. The number of thiophene rings is 1. The molecule has 2 aromatic carbocycles. The van der Waals surface area contributed by atoms with Crippen LogP contribution in [-0.2, 0) is 4.79 Å².